The maximum atomic E-state index is 12.8. The second-order valence-corrected chi connectivity index (χ2v) is 7.39. The number of rotatable bonds is 1. The van der Waals surface area contributed by atoms with Gasteiger partial charge in [0, 0.05) is 12.1 Å². The van der Waals surface area contributed by atoms with Gasteiger partial charge in [0.1, 0.15) is 0 Å². The maximum Gasteiger partial charge on any atom is 0.258 e. The Morgan fingerprint density at radius 3 is 2.70 bits per heavy atom. The van der Waals surface area contributed by atoms with Gasteiger partial charge in [-0.3, -0.25) is 4.79 Å². The topological polar surface area (TPSA) is 72.9 Å². The molecule has 0 N–H and O–H groups in total. The monoisotopic (exact) mass is 331 g/mol. The summed E-state index contributed by atoms with van der Waals surface area (Å²) in [5.74, 6) is 0.780. The number of hydrogen-bond acceptors (Lipinski definition) is 5. The SMILES string of the molecule is O=C(c1ccc2c(c1)OCO2)N1CCS(=O)(=O)c2ccccc21. The van der Waals surface area contributed by atoms with Crippen molar-refractivity contribution in [3.05, 3.63) is 48.0 Å². The maximum absolute atomic E-state index is 12.8. The molecule has 2 aliphatic rings. The van der Waals surface area contributed by atoms with Crippen LogP contribution in [0, 0.1) is 0 Å². The normalized spacial score (nSPS) is 17.7. The number of fused-ring (bicyclic) bond motifs is 2. The number of amides is 1. The summed E-state index contributed by atoms with van der Waals surface area (Å²) in [5.41, 5.74) is 0.852. The van der Waals surface area contributed by atoms with Gasteiger partial charge in [-0.25, -0.2) is 8.42 Å². The summed E-state index contributed by atoms with van der Waals surface area (Å²) >= 11 is 0. The van der Waals surface area contributed by atoms with Crippen LogP contribution in [0.4, 0.5) is 5.69 Å². The van der Waals surface area contributed by atoms with E-state index in [4.69, 9.17) is 9.47 Å². The van der Waals surface area contributed by atoms with Crippen molar-refractivity contribution in [2.24, 2.45) is 0 Å². The van der Waals surface area contributed by atoms with Crippen molar-refractivity contribution in [1.82, 2.24) is 0 Å². The van der Waals surface area contributed by atoms with Crippen LogP contribution in [0.25, 0.3) is 0 Å². The highest BCUT2D eigenvalue weighted by atomic mass is 32.2. The zero-order valence-corrected chi connectivity index (χ0v) is 12.9. The molecular weight excluding hydrogens is 318 g/mol. The Labute approximate surface area is 133 Å². The number of carbonyl (C=O) groups is 1. The number of para-hydroxylation sites is 1. The summed E-state index contributed by atoms with van der Waals surface area (Å²) in [6, 6.07) is 11.5. The van der Waals surface area contributed by atoms with E-state index in [-0.39, 0.29) is 29.9 Å². The number of anilines is 1. The van der Waals surface area contributed by atoms with Crippen molar-refractivity contribution in [3.63, 3.8) is 0 Å². The van der Waals surface area contributed by atoms with Crippen molar-refractivity contribution in [1.29, 1.82) is 0 Å². The zero-order valence-electron chi connectivity index (χ0n) is 12.1. The molecule has 0 fully saturated rings. The Bertz CT molecular complexity index is 906. The number of nitrogens with zero attached hydrogens (tertiary/aromatic N) is 1. The Kier molecular flexibility index (Phi) is 3.05. The molecule has 0 atom stereocenters. The molecule has 2 aromatic rings. The summed E-state index contributed by atoms with van der Waals surface area (Å²) in [7, 11) is -3.34. The average Bonchev–Trinajstić information content (AvgIpc) is 3.02. The van der Waals surface area contributed by atoms with Gasteiger partial charge in [0.15, 0.2) is 21.3 Å². The van der Waals surface area contributed by atoms with E-state index in [9.17, 15) is 13.2 Å². The van der Waals surface area contributed by atoms with Crippen LogP contribution in [-0.4, -0.2) is 33.4 Å². The van der Waals surface area contributed by atoms with Crippen molar-refractivity contribution >= 4 is 21.4 Å². The number of benzene rings is 2. The molecule has 0 aromatic heterocycles. The van der Waals surface area contributed by atoms with Crippen molar-refractivity contribution in [2.45, 2.75) is 4.90 Å². The molecule has 2 aliphatic heterocycles. The summed E-state index contributed by atoms with van der Waals surface area (Å²) in [4.78, 5) is 14.5. The molecule has 2 aromatic carbocycles. The third kappa shape index (κ3) is 2.24. The number of sulfone groups is 1. The highest BCUT2D eigenvalue weighted by Crippen LogP contribution is 2.35. The Morgan fingerprint density at radius 2 is 1.83 bits per heavy atom. The van der Waals surface area contributed by atoms with Crippen molar-refractivity contribution < 1.29 is 22.7 Å². The average molecular weight is 331 g/mol. The minimum atomic E-state index is -3.34. The van der Waals surface area contributed by atoms with Crippen LogP contribution in [0.15, 0.2) is 47.4 Å². The van der Waals surface area contributed by atoms with Gasteiger partial charge in [0.2, 0.25) is 6.79 Å². The predicted octanol–water partition coefficient (Wildman–Crippen LogP) is 1.85. The van der Waals surface area contributed by atoms with E-state index in [1.54, 1.807) is 36.4 Å². The van der Waals surface area contributed by atoms with Crippen molar-refractivity contribution in [3.8, 4) is 11.5 Å². The summed E-state index contributed by atoms with van der Waals surface area (Å²) < 4.78 is 34.8. The van der Waals surface area contributed by atoms with Gasteiger partial charge in [0.05, 0.1) is 16.3 Å². The first-order valence-electron chi connectivity index (χ1n) is 7.09. The standard InChI is InChI=1S/C16H13NO5S/c18-16(11-5-6-13-14(9-11)22-10-21-13)17-7-8-23(19,20)15-4-2-1-3-12(15)17/h1-6,9H,7-8,10H2. The van der Waals surface area contributed by atoms with E-state index in [1.807, 2.05) is 0 Å². The lowest BCUT2D eigenvalue weighted by molar-refractivity contribution is 0.0987. The first-order chi connectivity index (χ1) is 11.1. The van der Waals surface area contributed by atoms with E-state index >= 15 is 0 Å². The fourth-order valence-corrected chi connectivity index (χ4v) is 4.21. The largest absolute Gasteiger partial charge is 0.454 e. The second-order valence-electron chi connectivity index (χ2n) is 5.31. The van der Waals surface area contributed by atoms with E-state index in [0.29, 0.717) is 22.7 Å². The van der Waals surface area contributed by atoms with Crippen molar-refractivity contribution in [2.75, 3.05) is 24.0 Å². The van der Waals surface area contributed by atoms with E-state index < -0.39 is 9.84 Å². The van der Waals surface area contributed by atoms with Gasteiger partial charge in [-0.1, -0.05) is 12.1 Å². The molecule has 23 heavy (non-hydrogen) atoms. The zero-order chi connectivity index (χ0) is 16.0. The molecule has 1 amide bonds. The van der Waals surface area contributed by atoms with E-state index in [0.717, 1.165) is 0 Å². The molecule has 7 heteroatoms. The summed E-state index contributed by atoms with van der Waals surface area (Å²) in [5, 5.41) is 0. The van der Waals surface area contributed by atoms with Gasteiger partial charge >= 0.3 is 0 Å². The van der Waals surface area contributed by atoms with Gasteiger partial charge in [-0.05, 0) is 30.3 Å². The molecule has 118 valence electrons. The Hall–Kier alpha value is -2.54. The molecule has 2 heterocycles. The molecule has 0 saturated carbocycles. The number of carbonyl (C=O) groups excluding carboxylic acids is 1. The highest BCUT2D eigenvalue weighted by Gasteiger charge is 2.32. The number of ether oxygens (including phenoxy) is 2. The third-order valence-electron chi connectivity index (χ3n) is 3.94. The smallest absolute Gasteiger partial charge is 0.258 e. The molecule has 4 rings (SSSR count). The van der Waals surface area contributed by atoms with Crippen LogP contribution < -0.4 is 14.4 Å². The van der Waals surface area contributed by atoms with E-state index in [1.165, 1.54) is 11.0 Å². The van der Waals surface area contributed by atoms with Gasteiger partial charge in [-0.15, -0.1) is 0 Å². The fourth-order valence-electron chi connectivity index (χ4n) is 2.78. The van der Waals surface area contributed by atoms with Crippen LogP contribution in [-0.2, 0) is 9.84 Å². The number of hydrogen-bond donors (Lipinski definition) is 0. The molecule has 0 bridgehead atoms. The quantitative estimate of drug-likeness (QED) is 0.797. The van der Waals surface area contributed by atoms with Crippen LogP contribution >= 0.6 is 0 Å². The highest BCUT2D eigenvalue weighted by molar-refractivity contribution is 7.91. The van der Waals surface area contributed by atoms with Crippen LogP contribution in [0.3, 0.4) is 0 Å². The molecule has 0 aliphatic carbocycles. The van der Waals surface area contributed by atoms with Gasteiger partial charge in [-0.2, -0.15) is 0 Å². The minimum absolute atomic E-state index is 0.0830. The lowest BCUT2D eigenvalue weighted by Gasteiger charge is -2.29. The van der Waals surface area contributed by atoms with Crippen LogP contribution in [0.1, 0.15) is 10.4 Å². The molecule has 0 saturated heterocycles. The first-order valence-corrected chi connectivity index (χ1v) is 8.75. The van der Waals surface area contributed by atoms with Crippen LogP contribution in [0.2, 0.25) is 0 Å². The fraction of sp³-hybridized carbons (Fsp3) is 0.188. The van der Waals surface area contributed by atoms with Gasteiger partial charge in [0.25, 0.3) is 5.91 Å². The summed E-state index contributed by atoms with van der Waals surface area (Å²) in [6.45, 7) is 0.268. The Balaban J connectivity index is 1.75. The molecule has 0 radical (unpaired) electrons. The molecule has 6 nitrogen and oxygen atoms in total. The molecular formula is C16H13NO5S. The minimum Gasteiger partial charge on any atom is -0.454 e. The molecule has 0 unspecified atom stereocenters. The Morgan fingerprint density at radius 1 is 1.04 bits per heavy atom. The lowest BCUT2D eigenvalue weighted by Crippen LogP contribution is -2.39. The lowest BCUT2D eigenvalue weighted by atomic mass is 10.1. The second kappa shape index (κ2) is 4.99. The predicted molar refractivity (Wildman–Crippen MR) is 82.7 cm³/mol. The summed E-state index contributed by atoms with van der Waals surface area (Å²) in [6.07, 6.45) is 0. The van der Waals surface area contributed by atoms with Gasteiger partial charge < -0.3 is 14.4 Å². The van der Waals surface area contributed by atoms with Crippen LogP contribution in [0.5, 0.6) is 11.5 Å². The van der Waals surface area contributed by atoms with E-state index in [2.05, 4.69) is 0 Å². The third-order valence-corrected chi connectivity index (χ3v) is 5.67. The first kappa shape index (κ1) is 14.1. The molecule has 0 spiro atoms.